The van der Waals surface area contributed by atoms with Gasteiger partial charge in [0.05, 0.1) is 10.0 Å². The van der Waals surface area contributed by atoms with E-state index in [1.807, 2.05) is 13.8 Å². The van der Waals surface area contributed by atoms with Crippen LogP contribution in [0, 0.1) is 5.82 Å². The molecule has 4 heteroatoms. The molecule has 0 amide bonds. The van der Waals surface area contributed by atoms with Crippen molar-refractivity contribution in [3.8, 4) is 0 Å². The Morgan fingerprint density at radius 3 is 2.81 bits per heavy atom. The van der Waals surface area contributed by atoms with Gasteiger partial charge in [-0.2, -0.15) is 0 Å². The lowest BCUT2D eigenvalue weighted by molar-refractivity contribution is 0.0978. The number of carbonyl (C=O) groups is 1. The van der Waals surface area contributed by atoms with Gasteiger partial charge in [0.1, 0.15) is 5.82 Å². The quantitative estimate of drug-likeness (QED) is 0.843. The van der Waals surface area contributed by atoms with Crippen LogP contribution in [0.15, 0.2) is 22.7 Å². The molecule has 0 aromatic heterocycles. The van der Waals surface area contributed by atoms with Crippen molar-refractivity contribution in [1.29, 1.82) is 0 Å². The van der Waals surface area contributed by atoms with Gasteiger partial charge in [0.2, 0.25) is 0 Å². The molecule has 1 N–H and O–H groups in total. The van der Waals surface area contributed by atoms with E-state index in [2.05, 4.69) is 21.2 Å². The smallest absolute Gasteiger partial charge is 0.167 e. The summed E-state index contributed by atoms with van der Waals surface area (Å²) in [6, 6.07) is 5.09. The molecule has 0 aliphatic carbocycles. The Kier molecular flexibility index (Phi) is 5.09. The molecule has 16 heavy (non-hydrogen) atoms. The summed E-state index contributed by atoms with van der Waals surface area (Å²) in [4.78, 5) is 11.7. The lowest BCUT2D eigenvalue weighted by Crippen LogP contribution is -2.25. The van der Waals surface area contributed by atoms with Crippen molar-refractivity contribution in [2.24, 2.45) is 0 Å². The van der Waals surface area contributed by atoms with E-state index < -0.39 is 5.82 Å². The first-order chi connectivity index (χ1) is 7.52. The molecule has 0 heterocycles. The number of ketones is 1. The summed E-state index contributed by atoms with van der Waals surface area (Å²) in [7, 11) is 0. The third kappa shape index (κ3) is 3.68. The lowest BCUT2D eigenvalue weighted by Gasteiger charge is -2.07. The van der Waals surface area contributed by atoms with Crippen LogP contribution in [0.2, 0.25) is 0 Å². The number of rotatable bonds is 5. The molecule has 0 saturated carbocycles. The minimum absolute atomic E-state index is 0.153. The first-order valence-electron chi connectivity index (χ1n) is 5.23. The Balaban J connectivity index is 2.63. The standard InChI is InChI=1S/C12H15BrFNO/c1-8(2)15-7-6-11(16)9-4-3-5-10(13)12(9)14/h3-5,8,15H,6-7H2,1-2H3. The van der Waals surface area contributed by atoms with Crippen LogP contribution >= 0.6 is 15.9 Å². The third-order valence-electron chi connectivity index (χ3n) is 2.16. The van der Waals surface area contributed by atoms with Crippen LogP contribution in [0.1, 0.15) is 30.6 Å². The van der Waals surface area contributed by atoms with Gasteiger partial charge in [-0.05, 0) is 28.1 Å². The number of benzene rings is 1. The molecule has 1 rings (SSSR count). The first-order valence-corrected chi connectivity index (χ1v) is 6.02. The molecule has 0 fully saturated rings. The van der Waals surface area contributed by atoms with Gasteiger partial charge in [-0.3, -0.25) is 4.79 Å². The Labute approximate surface area is 103 Å². The van der Waals surface area contributed by atoms with Gasteiger partial charge < -0.3 is 5.32 Å². The molecule has 0 atom stereocenters. The predicted molar refractivity (Wildman–Crippen MR) is 66.2 cm³/mol. The van der Waals surface area contributed by atoms with Crippen molar-refractivity contribution in [1.82, 2.24) is 5.32 Å². The average Bonchev–Trinajstić information content (AvgIpc) is 2.21. The van der Waals surface area contributed by atoms with Gasteiger partial charge in [-0.15, -0.1) is 0 Å². The fourth-order valence-corrected chi connectivity index (χ4v) is 1.69. The molecule has 0 aliphatic heterocycles. The van der Waals surface area contributed by atoms with E-state index in [0.29, 0.717) is 23.5 Å². The second-order valence-electron chi connectivity index (χ2n) is 3.88. The monoisotopic (exact) mass is 287 g/mol. The summed E-state index contributed by atoms with van der Waals surface area (Å²) in [5.41, 5.74) is 0.153. The summed E-state index contributed by atoms with van der Waals surface area (Å²) < 4.78 is 13.9. The lowest BCUT2D eigenvalue weighted by atomic mass is 10.1. The maximum absolute atomic E-state index is 13.5. The topological polar surface area (TPSA) is 29.1 Å². The zero-order valence-corrected chi connectivity index (χ0v) is 11.0. The molecule has 0 radical (unpaired) electrons. The Morgan fingerprint density at radius 2 is 2.19 bits per heavy atom. The van der Waals surface area contributed by atoms with Crippen LogP contribution < -0.4 is 5.32 Å². The number of hydrogen-bond donors (Lipinski definition) is 1. The number of carbonyl (C=O) groups excluding carboxylic acids is 1. The second-order valence-corrected chi connectivity index (χ2v) is 4.74. The average molecular weight is 288 g/mol. The summed E-state index contributed by atoms with van der Waals surface area (Å²) in [6.07, 6.45) is 0.311. The zero-order chi connectivity index (χ0) is 12.1. The molecule has 0 aliphatic rings. The zero-order valence-electron chi connectivity index (χ0n) is 9.39. The minimum atomic E-state index is -0.475. The van der Waals surface area contributed by atoms with Crippen LogP contribution in [0.5, 0.6) is 0 Å². The highest BCUT2D eigenvalue weighted by molar-refractivity contribution is 9.10. The molecular weight excluding hydrogens is 273 g/mol. The van der Waals surface area contributed by atoms with Gasteiger partial charge in [-0.25, -0.2) is 4.39 Å². The van der Waals surface area contributed by atoms with Crippen molar-refractivity contribution in [3.05, 3.63) is 34.1 Å². The van der Waals surface area contributed by atoms with Crippen LogP contribution in [0.4, 0.5) is 4.39 Å². The molecule has 0 saturated heterocycles. The Hall–Kier alpha value is -0.740. The molecular formula is C12H15BrFNO. The van der Waals surface area contributed by atoms with E-state index in [4.69, 9.17) is 0 Å². The highest BCUT2D eigenvalue weighted by atomic mass is 79.9. The van der Waals surface area contributed by atoms with Crippen molar-refractivity contribution in [2.45, 2.75) is 26.3 Å². The van der Waals surface area contributed by atoms with Crippen molar-refractivity contribution >= 4 is 21.7 Å². The normalized spacial score (nSPS) is 10.8. The van der Waals surface area contributed by atoms with Crippen molar-refractivity contribution in [2.75, 3.05) is 6.54 Å². The molecule has 88 valence electrons. The summed E-state index contributed by atoms with van der Waals surface area (Å²) in [5.74, 6) is -0.649. The van der Waals surface area contributed by atoms with Gasteiger partial charge in [0.15, 0.2) is 5.78 Å². The minimum Gasteiger partial charge on any atom is -0.314 e. The fourth-order valence-electron chi connectivity index (χ4n) is 1.33. The first kappa shape index (κ1) is 13.3. The number of Topliss-reactive ketones (excluding diaryl/α,β-unsaturated/α-hetero) is 1. The number of hydrogen-bond acceptors (Lipinski definition) is 2. The van der Waals surface area contributed by atoms with E-state index >= 15 is 0 Å². The molecule has 0 bridgehead atoms. The van der Waals surface area contributed by atoms with E-state index in [9.17, 15) is 9.18 Å². The highest BCUT2D eigenvalue weighted by Gasteiger charge is 2.13. The maximum Gasteiger partial charge on any atom is 0.167 e. The number of halogens is 2. The SMILES string of the molecule is CC(C)NCCC(=O)c1cccc(Br)c1F. The van der Waals surface area contributed by atoms with Crippen molar-refractivity contribution in [3.63, 3.8) is 0 Å². The van der Waals surface area contributed by atoms with Crippen LogP contribution in [0.25, 0.3) is 0 Å². The molecule has 0 spiro atoms. The second kappa shape index (κ2) is 6.11. The Bertz CT molecular complexity index is 379. The number of nitrogens with one attached hydrogen (secondary N) is 1. The fraction of sp³-hybridized carbons (Fsp3) is 0.417. The maximum atomic E-state index is 13.5. The van der Waals surface area contributed by atoms with Crippen molar-refractivity contribution < 1.29 is 9.18 Å². The summed E-state index contributed by atoms with van der Waals surface area (Å²) >= 11 is 3.06. The van der Waals surface area contributed by atoms with Crippen LogP contribution in [-0.2, 0) is 0 Å². The van der Waals surface area contributed by atoms with Crippen LogP contribution in [-0.4, -0.2) is 18.4 Å². The largest absolute Gasteiger partial charge is 0.314 e. The van der Waals surface area contributed by atoms with Gasteiger partial charge in [0.25, 0.3) is 0 Å². The van der Waals surface area contributed by atoms with E-state index in [0.717, 1.165) is 0 Å². The predicted octanol–water partition coefficient (Wildman–Crippen LogP) is 3.16. The van der Waals surface area contributed by atoms with Gasteiger partial charge >= 0.3 is 0 Å². The van der Waals surface area contributed by atoms with Crippen LogP contribution in [0.3, 0.4) is 0 Å². The Morgan fingerprint density at radius 1 is 1.50 bits per heavy atom. The van der Waals surface area contributed by atoms with Gasteiger partial charge in [0, 0.05) is 19.0 Å². The highest BCUT2D eigenvalue weighted by Crippen LogP contribution is 2.19. The van der Waals surface area contributed by atoms with Gasteiger partial charge in [-0.1, -0.05) is 19.9 Å². The van der Waals surface area contributed by atoms with E-state index in [-0.39, 0.29) is 11.3 Å². The van der Waals surface area contributed by atoms with E-state index in [1.54, 1.807) is 12.1 Å². The molecule has 2 nitrogen and oxygen atoms in total. The molecule has 1 aromatic rings. The summed E-state index contributed by atoms with van der Waals surface area (Å²) in [5, 5.41) is 3.13. The summed E-state index contributed by atoms with van der Waals surface area (Å²) in [6.45, 7) is 4.58. The molecule has 1 aromatic carbocycles. The third-order valence-corrected chi connectivity index (χ3v) is 2.77. The molecule has 0 unspecified atom stereocenters. The van der Waals surface area contributed by atoms with E-state index in [1.165, 1.54) is 6.07 Å².